The highest BCUT2D eigenvalue weighted by molar-refractivity contribution is 6.22. The molecule has 1 atom stereocenters. The van der Waals surface area contributed by atoms with E-state index in [9.17, 15) is 23.2 Å². The molecule has 8 heteroatoms. The number of hydrogen-bond donors (Lipinski definition) is 1. The van der Waals surface area contributed by atoms with Crippen LogP contribution in [0.4, 0.5) is 8.78 Å². The SMILES string of the molecule is CC(C)C(C(=O)NC1CCN(CC(F)F)CC1)N1C(=O)c2ccccc2C1=O. The zero-order valence-electron chi connectivity index (χ0n) is 16.0. The van der Waals surface area contributed by atoms with E-state index in [4.69, 9.17) is 0 Å². The van der Waals surface area contributed by atoms with Gasteiger partial charge in [0.15, 0.2) is 0 Å². The standard InChI is InChI=1S/C20H25F2N3O3/c1-12(2)17(25-19(27)14-5-3-4-6-15(14)20(25)28)18(26)23-13-7-9-24(10-8-13)11-16(21)22/h3-6,12-13,16-17H,7-11H2,1-2H3,(H,23,26). The molecule has 1 saturated heterocycles. The van der Waals surface area contributed by atoms with Crippen LogP contribution < -0.4 is 5.32 Å². The molecular formula is C20H25F2N3O3. The number of hydrogen-bond acceptors (Lipinski definition) is 4. The van der Waals surface area contributed by atoms with E-state index in [1.807, 2.05) is 0 Å². The summed E-state index contributed by atoms with van der Waals surface area (Å²) in [5.74, 6) is -1.56. The molecule has 0 aliphatic carbocycles. The molecule has 1 aromatic rings. The lowest BCUT2D eigenvalue weighted by Crippen LogP contribution is -2.55. The number of nitrogens with zero attached hydrogens (tertiary/aromatic N) is 2. The van der Waals surface area contributed by atoms with Crippen molar-refractivity contribution in [1.29, 1.82) is 0 Å². The van der Waals surface area contributed by atoms with Gasteiger partial charge in [-0.2, -0.15) is 0 Å². The van der Waals surface area contributed by atoms with Crippen molar-refractivity contribution >= 4 is 17.7 Å². The molecule has 6 nitrogen and oxygen atoms in total. The Balaban J connectivity index is 1.68. The first-order chi connectivity index (χ1) is 13.3. The number of carbonyl (C=O) groups excluding carboxylic acids is 3. The van der Waals surface area contributed by atoms with E-state index < -0.39 is 24.3 Å². The summed E-state index contributed by atoms with van der Waals surface area (Å²) in [4.78, 5) is 41.2. The molecular weight excluding hydrogens is 368 g/mol. The highest BCUT2D eigenvalue weighted by Crippen LogP contribution is 2.27. The second-order valence-corrected chi connectivity index (χ2v) is 7.69. The predicted molar refractivity (Wildman–Crippen MR) is 99.2 cm³/mol. The van der Waals surface area contributed by atoms with Gasteiger partial charge in [-0.25, -0.2) is 8.78 Å². The number of halogens is 2. The molecule has 2 aliphatic rings. The molecule has 0 radical (unpaired) electrons. The normalized spacial score (nSPS) is 19.4. The highest BCUT2D eigenvalue weighted by Gasteiger charge is 2.44. The van der Waals surface area contributed by atoms with Crippen molar-refractivity contribution in [3.8, 4) is 0 Å². The molecule has 0 aromatic heterocycles. The minimum absolute atomic E-state index is 0.155. The Labute approximate surface area is 162 Å². The van der Waals surface area contributed by atoms with Crippen LogP contribution in [0, 0.1) is 5.92 Å². The van der Waals surface area contributed by atoms with Gasteiger partial charge in [0, 0.05) is 19.1 Å². The van der Waals surface area contributed by atoms with Crippen molar-refractivity contribution < 1.29 is 23.2 Å². The third-order valence-electron chi connectivity index (χ3n) is 5.33. The average Bonchev–Trinajstić information content (AvgIpc) is 2.88. The summed E-state index contributed by atoms with van der Waals surface area (Å²) in [6.07, 6.45) is -1.25. The molecule has 2 heterocycles. The Morgan fingerprint density at radius 2 is 1.64 bits per heavy atom. The quantitative estimate of drug-likeness (QED) is 0.752. The molecule has 0 bridgehead atoms. The second-order valence-electron chi connectivity index (χ2n) is 7.69. The van der Waals surface area contributed by atoms with Crippen molar-refractivity contribution in [1.82, 2.24) is 15.1 Å². The van der Waals surface area contributed by atoms with E-state index in [0.29, 0.717) is 37.1 Å². The molecule has 1 aromatic carbocycles. The van der Waals surface area contributed by atoms with Gasteiger partial charge in [0.1, 0.15) is 6.04 Å². The van der Waals surface area contributed by atoms with Gasteiger partial charge in [0.05, 0.1) is 17.7 Å². The Kier molecular flexibility index (Phi) is 6.07. The lowest BCUT2D eigenvalue weighted by Gasteiger charge is -2.34. The van der Waals surface area contributed by atoms with Gasteiger partial charge in [-0.15, -0.1) is 0 Å². The molecule has 0 spiro atoms. The van der Waals surface area contributed by atoms with Crippen LogP contribution in [-0.2, 0) is 4.79 Å². The molecule has 3 rings (SSSR count). The van der Waals surface area contributed by atoms with Crippen molar-refractivity contribution in [2.75, 3.05) is 19.6 Å². The van der Waals surface area contributed by atoms with Crippen molar-refractivity contribution in [3.05, 3.63) is 35.4 Å². The van der Waals surface area contributed by atoms with E-state index in [1.165, 1.54) is 0 Å². The van der Waals surface area contributed by atoms with Crippen molar-refractivity contribution in [2.24, 2.45) is 5.92 Å². The summed E-state index contributed by atoms with van der Waals surface area (Å²) in [7, 11) is 0. The summed E-state index contributed by atoms with van der Waals surface area (Å²) in [6, 6.07) is 5.48. The number of alkyl halides is 2. The number of fused-ring (bicyclic) bond motifs is 1. The molecule has 1 unspecified atom stereocenters. The fourth-order valence-electron chi connectivity index (χ4n) is 3.92. The van der Waals surface area contributed by atoms with Gasteiger partial charge in [-0.1, -0.05) is 26.0 Å². The maximum atomic E-state index is 13.0. The number of piperidine rings is 1. The topological polar surface area (TPSA) is 69.7 Å². The Morgan fingerprint density at radius 1 is 1.11 bits per heavy atom. The molecule has 1 N–H and O–H groups in total. The van der Waals surface area contributed by atoms with E-state index in [-0.39, 0.29) is 24.4 Å². The largest absolute Gasteiger partial charge is 0.351 e. The first-order valence-electron chi connectivity index (χ1n) is 9.57. The fourth-order valence-corrected chi connectivity index (χ4v) is 3.92. The van der Waals surface area contributed by atoms with E-state index >= 15 is 0 Å². The van der Waals surface area contributed by atoms with E-state index in [0.717, 1.165) is 4.90 Å². The van der Waals surface area contributed by atoms with Gasteiger partial charge >= 0.3 is 0 Å². The number of benzene rings is 1. The maximum Gasteiger partial charge on any atom is 0.262 e. The first-order valence-corrected chi connectivity index (χ1v) is 9.57. The summed E-state index contributed by atoms with van der Waals surface area (Å²) in [6.45, 7) is 4.28. The van der Waals surface area contributed by atoms with Crippen LogP contribution in [-0.4, -0.2) is 65.7 Å². The van der Waals surface area contributed by atoms with Crippen molar-refractivity contribution in [2.45, 2.75) is 45.2 Å². The van der Waals surface area contributed by atoms with E-state index in [1.54, 1.807) is 43.0 Å². The van der Waals surface area contributed by atoms with Gasteiger partial charge in [0.25, 0.3) is 18.2 Å². The number of nitrogens with one attached hydrogen (secondary N) is 1. The summed E-state index contributed by atoms with van der Waals surface area (Å²) < 4.78 is 25.0. The molecule has 3 amide bonds. The molecule has 0 saturated carbocycles. The van der Waals surface area contributed by atoms with Gasteiger partial charge in [0.2, 0.25) is 5.91 Å². The van der Waals surface area contributed by atoms with Gasteiger partial charge < -0.3 is 5.32 Å². The fraction of sp³-hybridized carbons (Fsp3) is 0.550. The molecule has 152 valence electrons. The third-order valence-corrected chi connectivity index (χ3v) is 5.33. The monoisotopic (exact) mass is 393 g/mol. The predicted octanol–water partition coefficient (Wildman–Crippen LogP) is 2.15. The number of rotatable bonds is 6. The summed E-state index contributed by atoms with van der Waals surface area (Å²) in [5.41, 5.74) is 0.623. The van der Waals surface area contributed by atoms with Gasteiger partial charge in [-0.05, 0) is 30.9 Å². The van der Waals surface area contributed by atoms with E-state index in [2.05, 4.69) is 5.32 Å². The minimum atomic E-state index is -2.37. The van der Waals surface area contributed by atoms with Crippen LogP contribution in [0.1, 0.15) is 47.4 Å². The third kappa shape index (κ3) is 4.06. The minimum Gasteiger partial charge on any atom is -0.351 e. The van der Waals surface area contributed by atoms with Gasteiger partial charge in [-0.3, -0.25) is 24.2 Å². The van der Waals surface area contributed by atoms with Crippen LogP contribution in [0.5, 0.6) is 0 Å². The summed E-state index contributed by atoms with van der Waals surface area (Å²) >= 11 is 0. The smallest absolute Gasteiger partial charge is 0.262 e. The molecule has 1 fully saturated rings. The second kappa shape index (κ2) is 8.34. The van der Waals surface area contributed by atoms with Crippen LogP contribution in [0.3, 0.4) is 0 Å². The van der Waals surface area contributed by atoms with Crippen LogP contribution >= 0.6 is 0 Å². The zero-order chi connectivity index (χ0) is 20.4. The molecule has 28 heavy (non-hydrogen) atoms. The Bertz CT molecular complexity index is 726. The maximum absolute atomic E-state index is 13.0. The Hall–Kier alpha value is -2.35. The lowest BCUT2D eigenvalue weighted by atomic mass is 9.99. The highest BCUT2D eigenvalue weighted by atomic mass is 19.3. The van der Waals surface area contributed by atoms with Crippen LogP contribution in [0.15, 0.2) is 24.3 Å². The Morgan fingerprint density at radius 3 is 2.11 bits per heavy atom. The summed E-state index contributed by atoms with van der Waals surface area (Å²) in [5, 5.41) is 2.92. The number of likely N-dealkylation sites (tertiary alicyclic amines) is 1. The van der Waals surface area contributed by atoms with Crippen molar-refractivity contribution in [3.63, 3.8) is 0 Å². The average molecular weight is 393 g/mol. The first kappa shape index (κ1) is 20.4. The van der Waals surface area contributed by atoms with Crippen LogP contribution in [0.2, 0.25) is 0 Å². The lowest BCUT2D eigenvalue weighted by molar-refractivity contribution is -0.127. The number of imide groups is 1. The number of amides is 3. The van der Waals surface area contributed by atoms with Crippen LogP contribution in [0.25, 0.3) is 0 Å². The zero-order valence-corrected chi connectivity index (χ0v) is 16.0. The molecule has 2 aliphatic heterocycles. The number of carbonyl (C=O) groups is 3.